The Hall–Kier alpha value is -3.23. The smallest absolute Gasteiger partial charge is 0.339 e. The van der Waals surface area contributed by atoms with Crippen LogP contribution in [0.5, 0.6) is 0 Å². The molecule has 3 N–H and O–H groups in total. The molecule has 4 aromatic rings. The number of nitrogens with zero attached hydrogens (tertiary/aromatic N) is 5. The van der Waals surface area contributed by atoms with E-state index in [0.29, 0.717) is 11.7 Å². The lowest BCUT2D eigenvalue weighted by Gasteiger charge is -2.24. The van der Waals surface area contributed by atoms with E-state index in [1.807, 2.05) is 48.6 Å². The molecule has 0 spiro atoms. The number of rotatable bonds is 2. The number of hydrogen-bond donors (Lipinski definition) is 2. The van der Waals surface area contributed by atoms with Crippen molar-refractivity contribution in [2.24, 2.45) is 5.73 Å². The fraction of sp³-hybridized carbons (Fsp3) is 0.375. The molecule has 1 fully saturated rings. The second-order valence-electron chi connectivity index (χ2n) is 8.58. The van der Waals surface area contributed by atoms with Crippen molar-refractivity contribution in [2.75, 3.05) is 38.1 Å². The molecule has 4 heterocycles. The van der Waals surface area contributed by atoms with Gasteiger partial charge in [-0.05, 0) is 50.3 Å². The van der Waals surface area contributed by atoms with Crippen LogP contribution in [0.4, 0.5) is 5.69 Å². The number of carbonyl (C=O) groups is 1. The molecule has 1 saturated heterocycles. The number of carboxylic acids is 1. The maximum Gasteiger partial charge on any atom is 0.339 e. The zero-order valence-electron chi connectivity index (χ0n) is 18.8. The van der Waals surface area contributed by atoms with Gasteiger partial charge in [0.1, 0.15) is 11.2 Å². The van der Waals surface area contributed by atoms with E-state index < -0.39 is 5.97 Å². The first-order valence-corrected chi connectivity index (χ1v) is 11.0. The van der Waals surface area contributed by atoms with E-state index in [1.165, 1.54) is 0 Å². The third kappa shape index (κ3) is 4.24. The molecule has 8 heteroatoms. The van der Waals surface area contributed by atoms with Crippen molar-refractivity contribution in [1.29, 1.82) is 0 Å². The van der Waals surface area contributed by atoms with E-state index in [-0.39, 0.29) is 5.56 Å². The minimum Gasteiger partial charge on any atom is -0.478 e. The number of carboxylic acid groups (broad SMARTS) is 1. The summed E-state index contributed by atoms with van der Waals surface area (Å²) >= 11 is 0. The van der Waals surface area contributed by atoms with Crippen LogP contribution in [0.1, 0.15) is 30.6 Å². The Bertz CT molecular complexity index is 1260. The van der Waals surface area contributed by atoms with Gasteiger partial charge in [-0.25, -0.2) is 14.8 Å². The Kier molecular flexibility index (Phi) is 6.25. The largest absolute Gasteiger partial charge is 0.478 e. The Morgan fingerprint density at radius 3 is 2.59 bits per heavy atom. The molecule has 0 unspecified atom stereocenters. The summed E-state index contributed by atoms with van der Waals surface area (Å²) in [6.07, 6.45) is 2.88. The quantitative estimate of drug-likeness (QED) is 0.500. The molecule has 3 aromatic heterocycles. The molecule has 8 nitrogen and oxygen atoms in total. The lowest BCUT2D eigenvalue weighted by atomic mass is 10.1. The minimum atomic E-state index is -0.979. The van der Waals surface area contributed by atoms with Crippen LogP contribution >= 0.6 is 0 Å². The fourth-order valence-corrected chi connectivity index (χ4v) is 4.12. The molecule has 1 aromatic carbocycles. The zero-order valence-corrected chi connectivity index (χ0v) is 18.8. The summed E-state index contributed by atoms with van der Waals surface area (Å²) in [6, 6.07) is 11.7. The molecule has 0 amide bonds. The molecular weight excluding hydrogens is 404 g/mol. The van der Waals surface area contributed by atoms with Crippen LogP contribution in [0.2, 0.25) is 0 Å². The normalized spacial score (nSPS) is 15.2. The van der Waals surface area contributed by atoms with Crippen LogP contribution in [0.3, 0.4) is 0 Å². The Labute approximate surface area is 187 Å². The van der Waals surface area contributed by atoms with Gasteiger partial charge in [-0.15, -0.1) is 0 Å². The highest BCUT2D eigenvalue weighted by Crippen LogP contribution is 2.31. The first kappa shape index (κ1) is 22.0. The third-order valence-electron chi connectivity index (χ3n) is 5.54. The van der Waals surface area contributed by atoms with Gasteiger partial charge in [-0.2, -0.15) is 0 Å². The molecule has 0 atom stereocenters. The van der Waals surface area contributed by atoms with Gasteiger partial charge in [-0.3, -0.25) is 4.40 Å². The number of nitrogens with two attached hydrogens (primary N) is 1. The van der Waals surface area contributed by atoms with Crippen molar-refractivity contribution in [1.82, 2.24) is 19.3 Å². The minimum absolute atomic E-state index is 0.199. The number of benzene rings is 1. The summed E-state index contributed by atoms with van der Waals surface area (Å²) in [5, 5.41) is 10.7. The standard InChI is InChI=1S/C21H21N5O2.C3H9N/c1-24-9-4-10-25(12-11-24)17-7-8-22-19-14(17)13-15(21(27)28)20-23-16-5-2-3-6-18(16)26(19)20;1-3(2)4/h2-3,5-8,13H,4,9-12H2,1H3,(H,27,28);3H,4H2,1-2H3. The number of para-hydroxylation sites is 2. The van der Waals surface area contributed by atoms with Crippen molar-refractivity contribution in [3.8, 4) is 0 Å². The number of aromatic carboxylic acids is 1. The van der Waals surface area contributed by atoms with Crippen LogP contribution < -0.4 is 10.6 Å². The van der Waals surface area contributed by atoms with E-state index in [0.717, 1.165) is 60.4 Å². The van der Waals surface area contributed by atoms with Gasteiger partial charge in [0, 0.05) is 36.9 Å². The van der Waals surface area contributed by atoms with Gasteiger partial charge in [0.25, 0.3) is 0 Å². The van der Waals surface area contributed by atoms with Crippen molar-refractivity contribution in [3.05, 3.63) is 48.2 Å². The number of pyridine rings is 2. The van der Waals surface area contributed by atoms with Crippen molar-refractivity contribution in [2.45, 2.75) is 26.3 Å². The number of imidazole rings is 1. The third-order valence-corrected chi connectivity index (χ3v) is 5.54. The molecule has 0 bridgehead atoms. The summed E-state index contributed by atoms with van der Waals surface area (Å²) in [7, 11) is 2.14. The number of anilines is 1. The van der Waals surface area contributed by atoms with Crippen molar-refractivity contribution >= 4 is 39.4 Å². The molecule has 1 aliphatic rings. The lowest BCUT2D eigenvalue weighted by molar-refractivity contribution is 0.0698. The lowest BCUT2D eigenvalue weighted by Crippen LogP contribution is -2.29. The van der Waals surface area contributed by atoms with Gasteiger partial charge in [0.2, 0.25) is 0 Å². The van der Waals surface area contributed by atoms with Crippen LogP contribution in [0.15, 0.2) is 42.6 Å². The first-order valence-electron chi connectivity index (χ1n) is 11.0. The molecule has 168 valence electrons. The molecule has 1 aliphatic heterocycles. The highest BCUT2D eigenvalue weighted by atomic mass is 16.4. The number of fused-ring (bicyclic) bond motifs is 5. The molecule has 32 heavy (non-hydrogen) atoms. The molecule has 0 aliphatic carbocycles. The first-order chi connectivity index (χ1) is 15.4. The molecule has 0 saturated carbocycles. The van der Waals surface area contributed by atoms with Crippen LogP contribution in [0.25, 0.3) is 27.7 Å². The average Bonchev–Trinajstić information content (AvgIpc) is 3.01. The summed E-state index contributed by atoms with van der Waals surface area (Å²) in [5.74, 6) is -0.979. The second kappa shape index (κ2) is 9.10. The Balaban J connectivity index is 0.000000567. The topological polar surface area (TPSA) is 100.0 Å². The van der Waals surface area contributed by atoms with Gasteiger partial charge < -0.3 is 20.6 Å². The highest BCUT2D eigenvalue weighted by molar-refractivity contribution is 6.04. The van der Waals surface area contributed by atoms with Gasteiger partial charge in [0.15, 0.2) is 5.65 Å². The van der Waals surface area contributed by atoms with Gasteiger partial charge >= 0.3 is 5.97 Å². The Morgan fingerprint density at radius 1 is 1.09 bits per heavy atom. The monoisotopic (exact) mass is 434 g/mol. The number of likely N-dealkylation sites (N-methyl/N-ethyl adjacent to an activating group) is 1. The van der Waals surface area contributed by atoms with E-state index >= 15 is 0 Å². The maximum absolute atomic E-state index is 12.0. The fourth-order valence-electron chi connectivity index (χ4n) is 4.12. The predicted molar refractivity (Wildman–Crippen MR) is 129 cm³/mol. The van der Waals surface area contributed by atoms with E-state index in [4.69, 9.17) is 5.73 Å². The summed E-state index contributed by atoms with van der Waals surface area (Å²) in [4.78, 5) is 25.9. The van der Waals surface area contributed by atoms with Crippen molar-refractivity contribution < 1.29 is 9.90 Å². The van der Waals surface area contributed by atoms with Crippen LogP contribution in [-0.4, -0.2) is 69.6 Å². The van der Waals surface area contributed by atoms with E-state index in [1.54, 1.807) is 12.3 Å². The molecular formula is C24H30N6O2. The average molecular weight is 435 g/mol. The number of hydrogen-bond acceptors (Lipinski definition) is 6. The molecule has 5 rings (SSSR count). The highest BCUT2D eigenvalue weighted by Gasteiger charge is 2.21. The van der Waals surface area contributed by atoms with Crippen molar-refractivity contribution in [3.63, 3.8) is 0 Å². The summed E-state index contributed by atoms with van der Waals surface area (Å²) in [6.45, 7) is 7.78. The van der Waals surface area contributed by atoms with Gasteiger partial charge in [-0.1, -0.05) is 26.0 Å². The predicted octanol–water partition coefficient (Wildman–Crippen LogP) is 3.23. The SMILES string of the molecule is CC(C)N.CN1CCCN(c2ccnc3c2cc(C(=O)O)c2nc4ccccc4n23)CC1. The Morgan fingerprint density at radius 2 is 1.84 bits per heavy atom. The summed E-state index contributed by atoms with van der Waals surface area (Å²) in [5.41, 5.74) is 9.14. The van der Waals surface area contributed by atoms with E-state index in [2.05, 4.69) is 26.8 Å². The summed E-state index contributed by atoms with van der Waals surface area (Å²) < 4.78 is 1.88. The zero-order chi connectivity index (χ0) is 22.8. The van der Waals surface area contributed by atoms with Gasteiger partial charge in [0.05, 0.1) is 11.0 Å². The second-order valence-corrected chi connectivity index (χ2v) is 8.58. The maximum atomic E-state index is 12.0. The number of aromatic nitrogens is 3. The molecule has 0 radical (unpaired) electrons. The van der Waals surface area contributed by atoms with Crippen LogP contribution in [0, 0.1) is 0 Å². The van der Waals surface area contributed by atoms with E-state index in [9.17, 15) is 9.90 Å². The van der Waals surface area contributed by atoms with Crippen LogP contribution in [-0.2, 0) is 0 Å².